The van der Waals surface area contributed by atoms with E-state index in [4.69, 9.17) is 0 Å². The van der Waals surface area contributed by atoms with Gasteiger partial charge in [0.15, 0.2) is 0 Å². The van der Waals surface area contributed by atoms with Crippen LogP contribution in [0.4, 0.5) is 0 Å². The minimum absolute atomic E-state index is 0.151. The second-order valence-corrected chi connectivity index (χ2v) is 7.60. The number of unbranched alkanes of at least 4 members (excludes halogenated alkanes) is 5. The Morgan fingerprint density at radius 1 is 1.00 bits per heavy atom. The van der Waals surface area contributed by atoms with Gasteiger partial charge in [-0.15, -0.1) is 0 Å². The Hall–Kier alpha value is -0.610. The third kappa shape index (κ3) is 9.63. The Balaban J connectivity index is 0.00000254. The van der Waals surface area contributed by atoms with Crippen molar-refractivity contribution in [2.24, 2.45) is 11.3 Å². The summed E-state index contributed by atoms with van der Waals surface area (Å²) in [6.07, 6.45) is 7.55. The van der Waals surface area contributed by atoms with E-state index in [0.717, 1.165) is 39.1 Å². The SMILES string of the molecule is CC.CNCCCCCCCCNC(=O)C1(C)CN(CC(C)C)C1. The molecule has 1 saturated heterocycles. The van der Waals surface area contributed by atoms with Crippen LogP contribution in [-0.4, -0.2) is 50.6 Å². The van der Waals surface area contributed by atoms with Crippen LogP contribution < -0.4 is 10.6 Å². The second kappa shape index (κ2) is 13.7. The van der Waals surface area contributed by atoms with Crippen molar-refractivity contribution in [2.45, 2.75) is 73.1 Å². The topological polar surface area (TPSA) is 44.4 Å². The van der Waals surface area contributed by atoms with E-state index in [2.05, 4.69) is 36.3 Å². The van der Waals surface area contributed by atoms with Gasteiger partial charge in [-0.1, -0.05) is 53.4 Å². The smallest absolute Gasteiger partial charge is 0.228 e. The van der Waals surface area contributed by atoms with E-state index in [1.54, 1.807) is 0 Å². The maximum atomic E-state index is 12.2. The van der Waals surface area contributed by atoms with E-state index in [0.29, 0.717) is 5.92 Å². The highest BCUT2D eigenvalue weighted by atomic mass is 16.2. The zero-order valence-corrected chi connectivity index (χ0v) is 17.2. The summed E-state index contributed by atoms with van der Waals surface area (Å²) in [7, 11) is 2.01. The summed E-state index contributed by atoms with van der Waals surface area (Å²) in [5.41, 5.74) is -0.151. The number of hydrogen-bond acceptors (Lipinski definition) is 3. The van der Waals surface area contributed by atoms with E-state index in [-0.39, 0.29) is 11.3 Å². The average Bonchev–Trinajstić information content (AvgIpc) is 2.53. The molecule has 0 radical (unpaired) electrons. The third-order valence-corrected chi connectivity index (χ3v) is 4.46. The summed E-state index contributed by atoms with van der Waals surface area (Å²) in [4.78, 5) is 14.6. The number of carbonyl (C=O) groups is 1. The van der Waals surface area contributed by atoms with Gasteiger partial charge in [0.25, 0.3) is 0 Å². The minimum atomic E-state index is -0.151. The maximum absolute atomic E-state index is 12.2. The molecule has 0 bridgehead atoms. The highest BCUT2D eigenvalue weighted by molar-refractivity contribution is 5.83. The van der Waals surface area contributed by atoms with Gasteiger partial charge >= 0.3 is 0 Å². The molecule has 1 fully saturated rings. The van der Waals surface area contributed by atoms with Gasteiger partial charge in [-0.25, -0.2) is 0 Å². The molecule has 0 aliphatic carbocycles. The molecular weight excluding hydrogens is 298 g/mol. The molecule has 4 heteroatoms. The molecule has 144 valence electrons. The lowest BCUT2D eigenvalue weighted by Gasteiger charge is -2.47. The first kappa shape index (κ1) is 23.4. The van der Waals surface area contributed by atoms with Gasteiger partial charge in [0.1, 0.15) is 0 Å². The minimum Gasteiger partial charge on any atom is -0.356 e. The quantitative estimate of drug-likeness (QED) is 0.532. The first-order valence-electron chi connectivity index (χ1n) is 10.1. The summed E-state index contributed by atoms with van der Waals surface area (Å²) in [6.45, 7) is 15.5. The molecule has 0 aromatic rings. The van der Waals surface area contributed by atoms with E-state index >= 15 is 0 Å². The molecule has 1 rings (SSSR count). The zero-order chi connectivity index (χ0) is 18.4. The summed E-state index contributed by atoms with van der Waals surface area (Å²) in [5.74, 6) is 0.933. The van der Waals surface area contributed by atoms with Crippen LogP contribution in [0.25, 0.3) is 0 Å². The van der Waals surface area contributed by atoms with Crippen molar-refractivity contribution in [1.29, 1.82) is 0 Å². The van der Waals surface area contributed by atoms with Crippen LogP contribution in [-0.2, 0) is 4.79 Å². The number of nitrogens with one attached hydrogen (secondary N) is 2. The molecule has 0 atom stereocenters. The van der Waals surface area contributed by atoms with Crippen LogP contribution in [0.5, 0.6) is 0 Å². The summed E-state index contributed by atoms with van der Waals surface area (Å²) in [6, 6.07) is 0. The third-order valence-electron chi connectivity index (χ3n) is 4.46. The van der Waals surface area contributed by atoms with Crippen LogP contribution in [0.15, 0.2) is 0 Å². The molecular formula is C20H43N3O. The number of hydrogen-bond donors (Lipinski definition) is 2. The summed E-state index contributed by atoms with van der Waals surface area (Å²) < 4.78 is 0. The molecule has 0 aromatic carbocycles. The van der Waals surface area contributed by atoms with E-state index in [1.165, 1.54) is 32.1 Å². The highest BCUT2D eigenvalue weighted by Crippen LogP contribution is 2.30. The van der Waals surface area contributed by atoms with Crippen molar-refractivity contribution in [1.82, 2.24) is 15.5 Å². The normalized spacial score (nSPS) is 16.3. The van der Waals surface area contributed by atoms with Crippen LogP contribution in [0.1, 0.15) is 73.1 Å². The molecule has 1 aliphatic rings. The summed E-state index contributed by atoms with van der Waals surface area (Å²) in [5, 5.41) is 6.31. The van der Waals surface area contributed by atoms with Gasteiger partial charge < -0.3 is 15.5 Å². The van der Waals surface area contributed by atoms with Crippen molar-refractivity contribution in [3.63, 3.8) is 0 Å². The lowest BCUT2D eigenvalue weighted by atomic mass is 9.80. The fourth-order valence-corrected chi connectivity index (χ4v) is 3.28. The van der Waals surface area contributed by atoms with Crippen LogP contribution in [0.2, 0.25) is 0 Å². The molecule has 2 N–H and O–H groups in total. The predicted molar refractivity (Wildman–Crippen MR) is 105 cm³/mol. The average molecular weight is 342 g/mol. The standard InChI is InChI=1S/C18H37N3O.C2H6/c1-16(2)13-21-14-18(3,15-21)17(22)20-12-10-8-6-5-7-9-11-19-4;1-2/h16,19H,5-15H2,1-4H3,(H,20,22);1-2H3. The maximum Gasteiger partial charge on any atom is 0.228 e. The van der Waals surface area contributed by atoms with Crippen LogP contribution in [0, 0.1) is 11.3 Å². The van der Waals surface area contributed by atoms with Crippen LogP contribution in [0.3, 0.4) is 0 Å². The van der Waals surface area contributed by atoms with E-state index in [1.807, 2.05) is 20.9 Å². The molecule has 0 aromatic heterocycles. The predicted octanol–water partition coefficient (Wildman–Crippen LogP) is 3.67. The monoisotopic (exact) mass is 341 g/mol. The van der Waals surface area contributed by atoms with Crippen molar-refractivity contribution in [2.75, 3.05) is 39.8 Å². The molecule has 1 heterocycles. The lowest BCUT2D eigenvalue weighted by Crippen LogP contribution is -2.62. The fourth-order valence-electron chi connectivity index (χ4n) is 3.28. The number of amides is 1. The fraction of sp³-hybridized carbons (Fsp3) is 0.950. The van der Waals surface area contributed by atoms with Gasteiger partial charge in [0.2, 0.25) is 5.91 Å². The molecule has 1 amide bonds. The Labute approximate surface area is 151 Å². The van der Waals surface area contributed by atoms with Crippen LogP contribution >= 0.6 is 0 Å². The Bertz CT molecular complexity index is 312. The molecule has 1 aliphatic heterocycles. The highest BCUT2D eigenvalue weighted by Gasteiger charge is 2.44. The number of carbonyl (C=O) groups excluding carboxylic acids is 1. The van der Waals surface area contributed by atoms with Crippen molar-refractivity contribution < 1.29 is 4.79 Å². The number of likely N-dealkylation sites (tertiary alicyclic amines) is 1. The molecule has 24 heavy (non-hydrogen) atoms. The Kier molecular flexibility index (Phi) is 13.3. The number of nitrogens with zero attached hydrogens (tertiary/aromatic N) is 1. The second-order valence-electron chi connectivity index (χ2n) is 7.60. The largest absolute Gasteiger partial charge is 0.356 e. The van der Waals surface area contributed by atoms with Crippen molar-refractivity contribution >= 4 is 5.91 Å². The first-order valence-corrected chi connectivity index (χ1v) is 10.1. The van der Waals surface area contributed by atoms with E-state index < -0.39 is 0 Å². The van der Waals surface area contributed by atoms with E-state index in [9.17, 15) is 4.79 Å². The van der Waals surface area contributed by atoms with Gasteiger partial charge in [-0.2, -0.15) is 0 Å². The molecule has 0 saturated carbocycles. The Morgan fingerprint density at radius 3 is 2.00 bits per heavy atom. The van der Waals surface area contributed by atoms with Gasteiger partial charge in [0.05, 0.1) is 5.41 Å². The Morgan fingerprint density at radius 2 is 1.50 bits per heavy atom. The molecule has 4 nitrogen and oxygen atoms in total. The molecule has 0 unspecified atom stereocenters. The lowest BCUT2D eigenvalue weighted by molar-refractivity contribution is -0.140. The molecule has 0 spiro atoms. The van der Waals surface area contributed by atoms with Gasteiger partial charge in [-0.3, -0.25) is 4.79 Å². The van der Waals surface area contributed by atoms with Crippen molar-refractivity contribution in [3.8, 4) is 0 Å². The van der Waals surface area contributed by atoms with Crippen molar-refractivity contribution in [3.05, 3.63) is 0 Å². The first-order chi connectivity index (χ1) is 11.5. The summed E-state index contributed by atoms with van der Waals surface area (Å²) >= 11 is 0. The zero-order valence-electron chi connectivity index (χ0n) is 17.2. The van der Waals surface area contributed by atoms with Gasteiger partial charge in [0, 0.05) is 26.2 Å². The number of rotatable bonds is 12. The van der Waals surface area contributed by atoms with Gasteiger partial charge in [-0.05, 0) is 39.3 Å².